The van der Waals surface area contributed by atoms with Crippen molar-refractivity contribution < 1.29 is 8.42 Å². The Morgan fingerprint density at radius 3 is 2.71 bits per heavy atom. The number of rotatable bonds is 6. The summed E-state index contributed by atoms with van der Waals surface area (Å²) in [5.41, 5.74) is 5.96. The smallest absolute Gasteiger partial charge is 0.240 e. The zero-order chi connectivity index (χ0) is 15.9. The molecule has 1 aromatic rings. The predicted octanol–water partition coefficient (Wildman–Crippen LogP) is 0.615. The van der Waals surface area contributed by atoms with Gasteiger partial charge in [0.2, 0.25) is 10.0 Å². The van der Waals surface area contributed by atoms with E-state index in [4.69, 9.17) is 5.73 Å². The monoisotopic (exact) mass is 309 g/mol. The maximum atomic E-state index is 12.3. The van der Waals surface area contributed by atoms with Crippen molar-refractivity contribution in [3.05, 3.63) is 29.8 Å². The fourth-order valence-corrected chi connectivity index (χ4v) is 3.06. The number of hydrogen-bond donors (Lipinski definition) is 2. The highest BCUT2D eigenvalue weighted by Gasteiger charge is 2.17. The lowest BCUT2D eigenvalue weighted by Crippen LogP contribution is -2.34. The fraction of sp³-hybridized carbons (Fsp3) is 0.467. The minimum Gasteiger partial charge on any atom is -0.320 e. The van der Waals surface area contributed by atoms with Crippen molar-refractivity contribution in [2.45, 2.75) is 24.3 Å². The molecule has 0 heterocycles. The van der Waals surface area contributed by atoms with Gasteiger partial charge in [-0.15, -0.1) is 0 Å². The maximum Gasteiger partial charge on any atom is 0.240 e. The Hall–Kier alpha value is -1.39. The van der Waals surface area contributed by atoms with Crippen LogP contribution in [0.4, 0.5) is 0 Å². The zero-order valence-electron chi connectivity index (χ0n) is 12.8. The van der Waals surface area contributed by atoms with Crippen LogP contribution >= 0.6 is 0 Å². The van der Waals surface area contributed by atoms with Gasteiger partial charge in [0.15, 0.2) is 0 Å². The second kappa shape index (κ2) is 8.15. The van der Waals surface area contributed by atoms with Crippen LogP contribution in [0.25, 0.3) is 0 Å². The van der Waals surface area contributed by atoms with Crippen LogP contribution in [-0.2, 0) is 10.0 Å². The zero-order valence-corrected chi connectivity index (χ0v) is 13.6. The molecular formula is C15H23N3O2S. The minimum atomic E-state index is -3.52. The summed E-state index contributed by atoms with van der Waals surface area (Å²) < 4.78 is 27.3. The van der Waals surface area contributed by atoms with E-state index >= 15 is 0 Å². The van der Waals surface area contributed by atoms with E-state index in [2.05, 4.69) is 16.6 Å². The molecule has 0 aromatic heterocycles. The third-order valence-electron chi connectivity index (χ3n) is 2.84. The van der Waals surface area contributed by atoms with Crippen molar-refractivity contribution in [2.24, 2.45) is 5.73 Å². The predicted molar refractivity (Wildman–Crippen MR) is 85.3 cm³/mol. The molecule has 0 saturated heterocycles. The first-order valence-corrected chi connectivity index (χ1v) is 8.29. The summed E-state index contributed by atoms with van der Waals surface area (Å²) in [4.78, 5) is 2.25. The first-order valence-electron chi connectivity index (χ1n) is 6.81. The van der Waals surface area contributed by atoms with Gasteiger partial charge in [0, 0.05) is 11.6 Å². The Bertz CT molecular complexity index is 615. The molecule has 1 aromatic carbocycles. The lowest BCUT2D eigenvalue weighted by Gasteiger charge is -2.17. The van der Waals surface area contributed by atoms with Crippen molar-refractivity contribution in [3.8, 4) is 11.8 Å². The molecule has 5 nitrogen and oxygen atoms in total. The lowest BCUT2D eigenvalue weighted by molar-refractivity contribution is 0.379. The average molecular weight is 309 g/mol. The van der Waals surface area contributed by atoms with Crippen LogP contribution in [0.1, 0.15) is 18.9 Å². The van der Waals surface area contributed by atoms with Crippen molar-refractivity contribution >= 4 is 10.0 Å². The molecule has 21 heavy (non-hydrogen) atoms. The summed E-state index contributed by atoms with van der Waals surface area (Å²) in [5, 5.41) is 0. The van der Waals surface area contributed by atoms with E-state index in [0.29, 0.717) is 5.56 Å². The number of hydrogen-bond acceptors (Lipinski definition) is 4. The van der Waals surface area contributed by atoms with Crippen LogP contribution in [0.2, 0.25) is 0 Å². The molecule has 1 rings (SSSR count). The maximum absolute atomic E-state index is 12.3. The van der Waals surface area contributed by atoms with Gasteiger partial charge in [-0.05, 0) is 52.2 Å². The average Bonchev–Trinajstić information content (AvgIpc) is 2.43. The third kappa shape index (κ3) is 6.27. The van der Waals surface area contributed by atoms with E-state index in [1.165, 1.54) is 0 Å². The minimum absolute atomic E-state index is 0.129. The van der Waals surface area contributed by atoms with E-state index in [0.717, 1.165) is 13.0 Å². The molecule has 0 bridgehead atoms. The van der Waals surface area contributed by atoms with Crippen LogP contribution in [0.15, 0.2) is 29.2 Å². The van der Waals surface area contributed by atoms with Crippen LogP contribution in [-0.4, -0.2) is 46.5 Å². The second-order valence-corrected chi connectivity index (χ2v) is 6.86. The molecule has 0 aliphatic rings. The molecule has 116 valence electrons. The van der Waals surface area contributed by atoms with Gasteiger partial charge in [-0.25, -0.2) is 13.1 Å². The Balaban J connectivity index is 2.83. The molecule has 6 heteroatoms. The van der Waals surface area contributed by atoms with Crippen molar-refractivity contribution in [1.82, 2.24) is 9.62 Å². The van der Waals surface area contributed by atoms with Gasteiger partial charge in [-0.2, -0.15) is 0 Å². The Labute approximate surface area is 127 Å². The van der Waals surface area contributed by atoms with Gasteiger partial charge in [0.25, 0.3) is 0 Å². The third-order valence-corrected chi connectivity index (χ3v) is 4.43. The highest BCUT2D eigenvalue weighted by Crippen LogP contribution is 2.12. The highest BCUT2D eigenvalue weighted by atomic mass is 32.2. The molecular weight excluding hydrogens is 286 g/mol. The van der Waals surface area contributed by atoms with Crippen LogP contribution < -0.4 is 10.5 Å². The number of sulfonamides is 1. The Morgan fingerprint density at radius 1 is 1.38 bits per heavy atom. The molecule has 0 amide bonds. The van der Waals surface area contributed by atoms with Crippen LogP contribution in [0, 0.1) is 11.8 Å². The molecule has 3 N–H and O–H groups in total. The standard InChI is InChI=1S/C15H23N3O2S/c1-13(9-11-18(2)3)17-21(19,20)15-8-4-6-14(12-15)7-5-10-16/h4,6,8,12-13,17H,9-11,16H2,1-3H3. The summed E-state index contributed by atoms with van der Waals surface area (Å²) in [6, 6.07) is 6.44. The van der Waals surface area contributed by atoms with Crippen LogP contribution in [0.3, 0.4) is 0 Å². The molecule has 0 radical (unpaired) electrons. The highest BCUT2D eigenvalue weighted by molar-refractivity contribution is 7.89. The van der Waals surface area contributed by atoms with E-state index in [-0.39, 0.29) is 17.5 Å². The topological polar surface area (TPSA) is 75.4 Å². The quantitative estimate of drug-likeness (QED) is 0.755. The summed E-state index contributed by atoms with van der Waals surface area (Å²) in [5.74, 6) is 5.55. The lowest BCUT2D eigenvalue weighted by atomic mass is 10.2. The van der Waals surface area contributed by atoms with Gasteiger partial charge < -0.3 is 10.6 Å². The molecule has 0 aliphatic carbocycles. The van der Waals surface area contributed by atoms with Gasteiger partial charge in [-0.1, -0.05) is 17.9 Å². The van der Waals surface area contributed by atoms with E-state index in [1.807, 2.05) is 25.9 Å². The molecule has 0 aliphatic heterocycles. The first kappa shape index (κ1) is 17.7. The normalized spacial score (nSPS) is 12.8. The largest absolute Gasteiger partial charge is 0.320 e. The second-order valence-electron chi connectivity index (χ2n) is 5.15. The number of nitrogens with zero attached hydrogens (tertiary/aromatic N) is 1. The summed E-state index contributed by atoms with van der Waals surface area (Å²) in [6.45, 7) is 2.93. The van der Waals surface area contributed by atoms with Gasteiger partial charge in [-0.3, -0.25) is 0 Å². The summed E-state index contributed by atoms with van der Waals surface area (Å²) in [7, 11) is 0.396. The van der Waals surface area contributed by atoms with Gasteiger partial charge in [0.1, 0.15) is 0 Å². The summed E-state index contributed by atoms with van der Waals surface area (Å²) >= 11 is 0. The van der Waals surface area contributed by atoms with Gasteiger partial charge >= 0.3 is 0 Å². The van der Waals surface area contributed by atoms with Crippen LogP contribution in [0.5, 0.6) is 0 Å². The van der Waals surface area contributed by atoms with E-state index < -0.39 is 10.0 Å². The first-order chi connectivity index (χ1) is 9.85. The summed E-state index contributed by atoms with van der Waals surface area (Å²) in [6.07, 6.45) is 0.749. The van der Waals surface area contributed by atoms with Crippen molar-refractivity contribution in [2.75, 3.05) is 27.2 Å². The van der Waals surface area contributed by atoms with Crippen molar-refractivity contribution in [3.63, 3.8) is 0 Å². The number of nitrogens with one attached hydrogen (secondary N) is 1. The molecule has 0 spiro atoms. The van der Waals surface area contributed by atoms with E-state index in [1.54, 1.807) is 24.3 Å². The molecule has 1 unspecified atom stereocenters. The molecule has 0 saturated carbocycles. The Kier molecular flexibility index (Phi) is 6.85. The Morgan fingerprint density at radius 2 is 2.10 bits per heavy atom. The van der Waals surface area contributed by atoms with Crippen molar-refractivity contribution in [1.29, 1.82) is 0 Å². The van der Waals surface area contributed by atoms with E-state index in [9.17, 15) is 8.42 Å². The molecule has 1 atom stereocenters. The molecule has 0 fully saturated rings. The number of nitrogens with two attached hydrogens (primary N) is 1. The van der Waals surface area contributed by atoms with Gasteiger partial charge in [0.05, 0.1) is 11.4 Å². The number of benzene rings is 1. The SMILES string of the molecule is CC(CCN(C)C)NS(=O)(=O)c1cccc(C#CCN)c1. The fourth-order valence-electron chi connectivity index (χ4n) is 1.74.